The summed E-state index contributed by atoms with van der Waals surface area (Å²) in [5.41, 5.74) is 2.38. The molecule has 1 aliphatic heterocycles. The molecule has 4 rings (SSSR count). The molecule has 3 aromatic rings. The molecule has 156 valence electrons. The summed E-state index contributed by atoms with van der Waals surface area (Å²) >= 11 is 7.17. The van der Waals surface area contributed by atoms with E-state index in [4.69, 9.17) is 11.6 Å². The topological polar surface area (TPSA) is 37.4 Å². The number of carbonyl (C=O) groups excluding carboxylic acids is 2. The normalized spacial score (nSPS) is 14.2. The van der Waals surface area contributed by atoms with Crippen LogP contribution in [-0.2, 0) is 9.59 Å². The van der Waals surface area contributed by atoms with Crippen LogP contribution in [0.25, 0.3) is 5.57 Å². The number of halogens is 2. The first kappa shape index (κ1) is 21.3. The number of amides is 2. The zero-order valence-corrected chi connectivity index (χ0v) is 18.5. The molecule has 2 amide bonds. The van der Waals surface area contributed by atoms with Crippen LogP contribution in [0.3, 0.4) is 0 Å². The highest BCUT2D eigenvalue weighted by molar-refractivity contribution is 8.04. The van der Waals surface area contributed by atoms with E-state index in [0.717, 1.165) is 10.5 Å². The summed E-state index contributed by atoms with van der Waals surface area (Å²) < 4.78 is 13.5. The summed E-state index contributed by atoms with van der Waals surface area (Å²) in [7, 11) is 0. The van der Waals surface area contributed by atoms with Crippen LogP contribution in [0, 0.1) is 5.82 Å². The van der Waals surface area contributed by atoms with E-state index in [0.29, 0.717) is 27.1 Å². The minimum absolute atomic E-state index is 0.262. The molecular weight excluding hydrogens is 433 g/mol. The van der Waals surface area contributed by atoms with Gasteiger partial charge in [0.05, 0.1) is 16.2 Å². The number of hydrogen-bond acceptors (Lipinski definition) is 3. The monoisotopic (exact) mass is 451 g/mol. The molecule has 3 nitrogen and oxygen atoms in total. The summed E-state index contributed by atoms with van der Waals surface area (Å²) in [6.07, 6.45) is 0. The zero-order chi connectivity index (χ0) is 22.1. The van der Waals surface area contributed by atoms with E-state index in [2.05, 4.69) is 13.8 Å². The molecule has 0 atom stereocenters. The number of hydrogen-bond donors (Lipinski definition) is 0. The van der Waals surface area contributed by atoms with Crippen LogP contribution in [0.15, 0.2) is 82.6 Å². The van der Waals surface area contributed by atoms with Crippen LogP contribution in [0.4, 0.5) is 10.1 Å². The highest BCUT2D eigenvalue weighted by Gasteiger charge is 2.40. The lowest BCUT2D eigenvalue weighted by atomic mass is 10.0. The van der Waals surface area contributed by atoms with Crippen LogP contribution >= 0.6 is 23.4 Å². The van der Waals surface area contributed by atoms with Gasteiger partial charge in [-0.2, -0.15) is 0 Å². The molecule has 31 heavy (non-hydrogen) atoms. The minimum Gasteiger partial charge on any atom is -0.268 e. The Hall–Kier alpha value is -2.89. The summed E-state index contributed by atoms with van der Waals surface area (Å²) in [6, 6.07) is 20.0. The smallest absolute Gasteiger partial charge is 0.268 e. The predicted octanol–water partition coefficient (Wildman–Crippen LogP) is 6.68. The molecular formula is C25H19ClFNO2S. The van der Waals surface area contributed by atoms with Gasteiger partial charge in [-0.05, 0) is 65.6 Å². The van der Waals surface area contributed by atoms with Crippen molar-refractivity contribution in [2.45, 2.75) is 24.7 Å². The minimum atomic E-state index is -0.426. The van der Waals surface area contributed by atoms with Crippen LogP contribution in [-0.4, -0.2) is 11.8 Å². The molecule has 0 unspecified atom stereocenters. The lowest BCUT2D eigenvalue weighted by molar-refractivity contribution is -0.119. The van der Waals surface area contributed by atoms with Crippen LogP contribution in [0.1, 0.15) is 30.9 Å². The molecule has 0 radical (unpaired) electrons. The molecule has 0 spiro atoms. The second-order valence-corrected chi connectivity index (χ2v) is 8.98. The van der Waals surface area contributed by atoms with Gasteiger partial charge in [0.25, 0.3) is 11.8 Å². The average molecular weight is 452 g/mol. The summed E-state index contributed by atoms with van der Waals surface area (Å²) in [5.74, 6) is -0.899. The maximum atomic E-state index is 13.5. The number of thioether (sulfide) groups is 1. The molecule has 0 bridgehead atoms. The predicted molar refractivity (Wildman–Crippen MR) is 124 cm³/mol. The Labute approximate surface area is 189 Å². The van der Waals surface area contributed by atoms with Gasteiger partial charge >= 0.3 is 0 Å². The van der Waals surface area contributed by atoms with Gasteiger partial charge in [-0.15, -0.1) is 0 Å². The van der Waals surface area contributed by atoms with E-state index in [-0.39, 0.29) is 5.57 Å². The van der Waals surface area contributed by atoms with Crippen molar-refractivity contribution in [3.8, 4) is 0 Å². The van der Waals surface area contributed by atoms with Crippen LogP contribution in [0.5, 0.6) is 0 Å². The fourth-order valence-corrected chi connectivity index (χ4v) is 4.46. The number of imide groups is 1. The summed E-state index contributed by atoms with van der Waals surface area (Å²) in [6.45, 7) is 4.16. The first-order valence-electron chi connectivity index (χ1n) is 9.77. The van der Waals surface area contributed by atoms with Gasteiger partial charge in [0, 0.05) is 9.92 Å². The first-order chi connectivity index (χ1) is 14.8. The Morgan fingerprint density at radius 3 is 2.03 bits per heavy atom. The Morgan fingerprint density at radius 2 is 1.45 bits per heavy atom. The zero-order valence-electron chi connectivity index (χ0n) is 16.9. The van der Waals surface area contributed by atoms with Crippen molar-refractivity contribution in [1.82, 2.24) is 0 Å². The van der Waals surface area contributed by atoms with Crippen molar-refractivity contribution in [3.05, 3.63) is 99.7 Å². The van der Waals surface area contributed by atoms with Crippen LogP contribution < -0.4 is 4.90 Å². The average Bonchev–Trinajstić information content (AvgIpc) is 3.00. The van der Waals surface area contributed by atoms with Crippen molar-refractivity contribution in [2.75, 3.05) is 4.90 Å². The number of carbonyl (C=O) groups is 2. The molecule has 1 aliphatic rings. The Kier molecular flexibility index (Phi) is 5.99. The molecule has 0 saturated heterocycles. The van der Waals surface area contributed by atoms with Crippen molar-refractivity contribution >= 4 is 46.4 Å². The maximum Gasteiger partial charge on any atom is 0.272 e. The number of nitrogens with zero attached hydrogens (tertiary/aromatic N) is 1. The standard InChI is InChI=1S/C25H19ClFNO2S/c1-15(2)16-5-11-20(12-6-16)28-24(29)22(17-3-9-19(27)10-4-17)23(25(28)30)31-21-13-7-18(26)8-14-21/h3-15H,1-2H3. The van der Waals surface area contributed by atoms with Crippen molar-refractivity contribution in [1.29, 1.82) is 0 Å². The van der Waals surface area contributed by atoms with E-state index in [9.17, 15) is 14.0 Å². The number of benzene rings is 3. The van der Waals surface area contributed by atoms with Crippen LogP contribution in [0.2, 0.25) is 5.02 Å². The molecule has 0 saturated carbocycles. The van der Waals surface area contributed by atoms with Gasteiger partial charge in [0.1, 0.15) is 5.82 Å². The van der Waals surface area contributed by atoms with Crippen molar-refractivity contribution in [3.63, 3.8) is 0 Å². The summed E-state index contributed by atoms with van der Waals surface area (Å²) in [4.78, 5) is 29.0. The van der Waals surface area contributed by atoms with Crippen molar-refractivity contribution < 1.29 is 14.0 Å². The van der Waals surface area contributed by atoms with E-state index < -0.39 is 17.6 Å². The second-order valence-electron chi connectivity index (χ2n) is 7.46. The van der Waals surface area contributed by atoms with Gasteiger partial charge in [-0.25, -0.2) is 9.29 Å². The van der Waals surface area contributed by atoms with E-state index in [1.807, 2.05) is 12.1 Å². The third-order valence-electron chi connectivity index (χ3n) is 5.03. The molecule has 0 N–H and O–H groups in total. The van der Waals surface area contributed by atoms with E-state index in [1.54, 1.807) is 36.4 Å². The lowest BCUT2D eigenvalue weighted by Gasteiger charge is -2.16. The fourth-order valence-electron chi connectivity index (χ4n) is 3.34. The van der Waals surface area contributed by atoms with Gasteiger partial charge in [0.15, 0.2) is 0 Å². The number of anilines is 1. The van der Waals surface area contributed by atoms with Crippen molar-refractivity contribution in [2.24, 2.45) is 0 Å². The third-order valence-corrected chi connectivity index (χ3v) is 6.37. The Balaban J connectivity index is 1.77. The maximum absolute atomic E-state index is 13.5. The molecule has 3 aromatic carbocycles. The largest absolute Gasteiger partial charge is 0.272 e. The summed E-state index contributed by atoms with van der Waals surface area (Å²) in [5, 5.41) is 0.581. The lowest BCUT2D eigenvalue weighted by Crippen LogP contribution is -2.31. The molecule has 0 aliphatic carbocycles. The van der Waals surface area contributed by atoms with Gasteiger partial charge in [-0.1, -0.05) is 61.5 Å². The Bertz CT molecular complexity index is 1170. The van der Waals surface area contributed by atoms with Gasteiger partial charge < -0.3 is 0 Å². The fraction of sp³-hybridized carbons (Fsp3) is 0.120. The Morgan fingerprint density at radius 1 is 0.839 bits per heavy atom. The quantitative estimate of drug-likeness (QED) is 0.406. The third kappa shape index (κ3) is 4.29. The molecule has 0 fully saturated rings. The first-order valence-corrected chi connectivity index (χ1v) is 11.0. The second kappa shape index (κ2) is 8.69. The molecule has 1 heterocycles. The van der Waals surface area contributed by atoms with E-state index in [1.165, 1.54) is 40.9 Å². The highest BCUT2D eigenvalue weighted by Crippen LogP contribution is 2.41. The highest BCUT2D eigenvalue weighted by atomic mass is 35.5. The molecule has 6 heteroatoms. The molecule has 0 aromatic heterocycles. The SMILES string of the molecule is CC(C)c1ccc(N2C(=O)C(Sc3ccc(Cl)cc3)=C(c3ccc(F)cc3)C2=O)cc1. The number of rotatable bonds is 5. The van der Waals surface area contributed by atoms with Gasteiger partial charge in [0.2, 0.25) is 0 Å². The van der Waals surface area contributed by atoms with E-state index >= 15 is 0 Å². The van der Waals surface area contributed by atoms with Gasteiger partial charge in [-0.3, -0.25) is 9.59 Å².